The van der Waals surface area contributed by atoms with Gasteiger partial charge < -0.3 is 9.47 Å². The quantitative estimate of drug-likeness (QED) is 0.755. The van der Waals surface area contributed by atoms with E-state index in [4.69, 9.17) is 32.7 Å². The van der Waals surface area contributed by atoms with Gasteiger partial charge in [0.25, 0.3) is 0 Å². The fourth-order valence-electron chi connectivity index (χ4n) is 1.83. The van der Waals surface area contributed by atoms with Crippen molar-refractivity contribution in [2.24, 2.45) is 0 Å². The minimum Gasteiger partial charge on any atom is -0.489 e. The molecule has 17 heavy (non-hydrogen) atoms. The van der Waals surface area contributed by atoms with E-state index >= 15 is 0 Å². The third-order valence-electron chi connectivity index (χ3n) is 2.67. The van der Waals surface area contributed by atoms with Gasteiger partial charge in [-0.3, -0.25) is 0 Å². The van der Waals surface area contributed by atoms with Crippen LogP contribution in [0, 0.1) is 0 Å². The monoisotopic (exact) mass is 338 g/mol. The Balaban J connectivity index is 2.08. The average molecular weight is 340 g/mol. The van der Waals surface area contributed by atoms with Gasteiger partial charge in [0.1, 0.15) is 12.4 Å². The molecular weight excluding hydrogens is 327 g/mol. The zero-order chi connectivity index (χ0) is 12.3. The lowest BCUT2D eigenvalue weighted by Gasteiger charge is -2.15. The summed E-state index contributed by atoms with van der Waals surface area (Å²) in [7, 11) is 0. The van der Waals surface area contributed by atoms with Gasteiger partial charge in [0.05, 0.1) is 11.1 Å². The number of ether oxygens (including phenoxy) is 2. The lowest BCUT2D eigenvalue weighted by atomic mass is 10.2. The molecule has 0 N–H and O–H groups in total. The van der Waals surface area contributed by atoms with Gasteiger partial charge in [0.2, 0.25) is 0 Å². The highest BCUT2D eigenvalue weighted by Crippen LogP contribution is 2.34. The molecule has 0 saturated carbocycles. The molecular formula is C12H13BrCl2O2. The van der Waals surface area contributed by atoms with Crippen LogP contribution >= 0.6 is 39.1 Å². The maximum atomic E-state index is 6.13. The first kappa shape index (κ1) is 13.5. The SMILES string of the molecule is Clc1cc(Cl)c(OCC2CCCO2)c(CBr)c1. The van der Waals surface area contributed by atoms with Crippen LogP contribution in [0.3, 0.4) is 0 Å². The predicted octanol–water partition coefficient (Wildman–Crippen LogP) is 4.45. The van der Waals surface area contributed by atoms with Crippen molar-refractivity contribution in [2.45, 2.75) is 24.3 Å². The highest BCUT2D eigenvalue weighted by molar-refractivity contribution is 9.08. The number of rotatable bonds is 4. The Labute approximate surface area is 119 Å². The van der Waals surface area contributed by atoms with Crippen molar-refractivity contribution >= 4 is 39.1 Å². The van der Waals surface area contributed by atoms with Crippen molar-refractivity contribution in [2.75, 3.05) is 13.2 Å². The standard InChI is InChI=1S/C12H13BrCl2O2/c13-6-8-4-9(14)5-11(15)12(8)17-7-10-2-1-3-16-10/h4-5,10H,1-3,6-7H2. The molecule has 1 atom stereocenters. The van der Waals surface area contributed by atoms with Gasteiger partial charge in [-0.2, -0.15) is 0 Å². The smallest absolute Gasteiger partial charge is 0.142 e. The fourth-order valence-corrected chi connectivity index (χ4v) is 2.83. The molecule has 94 valence electrons. The molecule has 1 heterocycles. The first-order chi connectivity index (χ1) is 8.20. The minimum absolute atomic E-state index is 0.185. The molecule has 0 radical (unpaired) electrons. The molecule has 1 fully saturated rings. The highest BCUT2D eigenvalue weighted by Gasteiger charge is 2.18. The van der Waals surface area contributed by atoms with E-state index in [1.54, 1.807) is 6.07 Å². The van der Waals surface area contributed by atoms with Crippen LogP contribution in [0.1, 0.15) is 18.4 Å². The first-order valence-corrected chi connectivity index (χ1v) is 7.36. The third kappa shape index (κ3) is 3.50. The molecule has 1 aliphatic heterocycles. The molecule has 2 nitrogen and oxygen atoms in total. The van der Waals surface area contributed by atoms with Crippen LogP contribution in [0.25, 0.3) is 0 Å². The topological polar surface area (TPSA) is 18.5 Å². The highest BCUT2D eigenvalue weighted by atomic mass is 79.9. The van der Waals surface area contributed by atoms with Crippen molar-refractivity contribution in [1.29, 1.82) is 0 Å². The van der Waals surface area contributed by atoms with E-state index in [2.05, 4.69) is 15.9 Å². The Morgan fingerprint density at radius 3 is 2.88 bits per heavy atom. The van der Waals surface area contributed by atoms with Crippen LogP contribution in [-0.4, -0.2) is 19.3 Å². The largest absolute Gasteiger partial charge is 0.489 e. The normalized spacial score (nSPS) is 19.6. The zero-order valence-corrected chi connectivity index (χ0v) is 12.3. The van der Waals surface area contributed by atoms with Gasteiger partial charge in [-0.15, -0.1) is 0 Å². The van der Waals surface area contributed by atoms with E-state index in [0.29, 0.717) is 27.7 Å². The van der Waals surface area contributed by atoms with Crippen molar-refractivity contribution < 1.29 is 9.47 Å². The van der Waals surface area contributed by atoms with Crippen molar-refractivity contribution in [1.82, 2.24) is 0 Å². The number of halogens is 3. The first-order valence-electron chi connectivity index (χ1n) is 5.49. The number of alkyl halides is 1. The minimum atomic E-state index is 0.185. The van der Waals surface area contributed by atoms with Gasteiger partial charge in [-0.05, 0) is 25.0 Å². The lowest BCUT2D eigenvalue weighted by molar-refractivity contribution is 0.0677. The molecule has 0 bridgehead atoms. The Hall–Kier alpha value is 0.0400. The van der Waals surface area contributed by atoms with E-state index in [1.165, 1.54) is 0 Å². The fraction of sp³-hybridized carbons (Fsp3) is 0.500. The Morgan fingerprint density at radius 2 is 2.24 bits per heavy atom. The van der Waals surface area contributed by atoms with Crippen LogP contribution in [0.4, 0.5) is 0 Å². The summed E-state index contributed by atoms with van der Waals surface area (Å²) in [5, 5.41) is 1.83. The molecule has 0 spiro atoms. The lowest BCUT2D eigenvalue weighted by Crippen LogP contribution is -2.17. The Bertz CT molecular complexity index is 392. The van der Waals surface area contributed by atoms with Gasteiger partial charge in [0.15, 0.2) is 0 Å². The molecule has 1 aromatic carbocycles. The summed E-state index contributed by atoms with van der Waals surface area (Å²) < 4.78 is 11.3. The van der Waals surface area contributed by atoms with E-state index < -0.39 is 0 Å². The molecule has 5 heteroatoms. The third-order valence-corrected chi connectivity index (χ3v) is 3.77. The number of hydrogen-bond acceptors (Lipinski definition) is 2. The summed E-state index contributed by atoms with van der Waals surface area (Å²) >= 11 is 15.5. The number of hydrogen-bond donors (Lipinski definition) is 0. The molecule has 1 unspecified atom stereocenters. The summed E-state index contributed by atoms with van der Waals surface area (Å²) in [6.07, 6.45) is 2.34. The Morgan fingerprint density at radius 1 is 1.41 bits per heavy atom. The van der Waals surface area contributed by atoms with E-state index in [1.807, 2.05) is 6.07 Å². The van der Waals surface area contributed by atoms with Crippen LogP contribution in [0.15, 0.2) is 12.1 Å². The van der Waals surface area contributed by atoms with Gasteiger partial charge in [-0.25, -0.2) is 0 Å². The van der Waals surface area contributed by atoms with Gasteiger partial charge in [-0.1, -0.05) is 39.1 Å². The molecule has 0 amide bonds. The van der Waals surface area contributed by atoms with Crippen molar-refractivity contribution in [3.05, 3.63) is 27.7 Å². The molecule has 0 aliphatic carbocycles. The maximum Gasteiger partial charge on any atom is 0.142 e. The summed E-state index contributed by atoms with van der Waals surface area (Å²) in [5.74, 6) is 0.698. The van der Waals surface area contributed by atoms with Crippen LogP contribution in [0.5, 0.6) is 5.75 Å². The average Bonchev–Trinajstić information content (AvgIpc) is 2.79. The second-order valence-corrected chi connectivity index (χ2v) is 5.36. The van der Waals surface area contributed by atoms with E-state index in [0.717, 1.165) is 25.0 Å². The molecule has 1 aliphatic rings. The van der Waals surface area contributed by atoms with E-state index in [9.17, 15) is 0 Å². The molecule has 1 saturated heterocycles. The molecule has 0 aromatic heterocycles. The molecule has 1 aromatic rings. The Kier molecular flexibility index (Phi) is 4.97. The summed E-state index contributed by atoms with van der Waals surface area (Å²) in [4.78, 5) is 0. The van der Waals surface area contributed by atoms with Crippen LogP contribution in [0.2, 0.25) is 10.0 Å². The summed E-state index contributed by atoms with van der Waals surface area (Å²) in [6, 6.07) is 3.55. The van der Waals surface area contributed by atoms with Crippen molar-refractivity contribution in [3.63, 3.8) is 0 Å². The second-order valence-electron chi connectivity index (χ2n) is 3.96. The van der Waals surface area contributed by atoms with Crippen LogP contribution < -0.4 is 4.74 Å². The van der Waals surface area contributed by atoms with Gasteiger partial charge >= 0.3 is 0 Å². The van der Waals surface area contributed by atoms with Crippen LogP contribution in [-0.2, 0) is 10.1 Å². The zero-order valence-electron chi connectivity index (χ0n) is 9.22. The van der Waals surface area contributed by atoms with E-state index in [-0.39, 0.29) is 6.10 Å². The van der Waals surface area contributed by atoms with Crippen molar-refractivity contribution in [3.8, 4) is 5.75 Å². The molecule has 2 rings (SSSR count). The summed E-state index contributed by atoms with van der Waals surface area (Å²) in [5.41, 5.74) is 0.959. The predicted molar refractivity (Wildman–Crippen MR) is 73.6 cm³/mol. The maximum absolute atomic E-state index is 6.13. The number of benzene rings is 1. The van der Waals surface area contributed by atoms with Gasteiger partial charge in [0, 0.05) is 22.5 Å². The summed E-state index contributed by atoms with van der Waals surface area (Å²) in [6.45, 7) is 1.37. The second kappa shape index (κ2) is 6.28.